The van der Waals surface area contributed by atoms with Gasteiger partial charge in [-0.3, -0.25) is 4.79 Å². The molecule has 1 aromatic carbocycles. The summed E-state index contributed by atoms with van der Waals surface area (Å²) < 4.78 is 24.3. The van der Waals surface area contributed by atoms with Crippen molar-refractivity contribution in [3.63, 3.8) is 0 Å². The first kappa shape index (κ1) is 17.5. The number of carboxylic acid groups (broad SMARTS) is 1. The molecular weight excluding hydrogens is 318 g/mol. The molecule has 2 rings (SSSR count). The highest BCUT2D eigenvalue weighted by Gasteiger charge is 2.31. The van der Waals surface area contributed by atoms with Crippen LogP contribution in [0.2, 0.25) is 0 Å². The summed E-state index contributed by atoms with van der Waals surface area (Å²) in [6.07, 6.45) is 3.00. The number of sulfone groups is 1. The Hall–Kier alpha value is -1.89. The van der Waals surface area contributed by atoms with Crippen LogP contribution >= 0.6 is 0 Å². The lowest BCUT2D eigenvalue weighted by atomic mass is 10.1. The van der Waals surface area contributed by atoms with Gasteiger partial charge in [0.2, 0.25) is 5.91 Å². The molecule has 0 radical (unpaired) electrons. The highest BCUT2D eigenvalue weighted by Crippen LogP contribution is 2.25. The Morgan fingerprint density at radius 1 is 1.17 bits per heavy atom. The Bertz CT molecular complexity index is 650. The standard InChI is InChI=1S/C16H21NO5S/c18-15(11-23(21,22)13-8-4-5-9-13)17-14(16(19)20)10-12-6-2-1-3-7-12/h1-3,6-7,13-14H,4-5,8-11H2,(H,17,18)(H,19,20)/t14-/m0/s1. The second-order valence-corrected chi connectivity index (χ2v) is 8.14. The fourth-order valence-corrected chi connectivity index (χ4v) is 4.57. The van der Waals surface area contributed by atoms with Crippen molar-refractivity contribution in [3.8, 4) is 0 Å². The van der Waals surface area contributed by atoms with Gasteiger partial charge in [-0.2, -0.15) is 0 Å². The summed E-state index contributed by atoms with van der Waals surface area (Å²) in [5.41, 5.74) is 0.763. The number of hydrogen-bond donors (Lipinski definition) is 2. The summed E-state index contributed by atoms with van der Waals surface area (Å²) in [4.78, 5) is 23.3. The van der Waals surface area contributed by atoms with Gasteiger partial charge in [0.15, 0.2) is 9.84 Å². The molecule has 126 valence electrons. The summed E-state index contributed by atoms with van der Waals surface area (Å²) in [5.74, 6) is -2.57. The van der Waals surface area contributed by atoms with E-state index in [0.29, 0.717) is 12.8 Å². The van der Waals surface area contributed by atoms with Crippen molar-refractivity contribution in [2.45, 2.75) is 43.4 Å². The highest BCUT2D eigenvalue weighted by molar-refractivity contribution is 7.92. The summed E-state index contributed by atoms with van der Waals surface area (Å²) in [5, 5.41) is 11.1. The van der Waals surface area contributed by atoms with E-state index in [2.05, 4.69) is 5.32 Å². The molecule has 1 fully saturated rings. The number of carboxylic acids is 1. The first-order chi connectivity index (χ1) is 10.9. The monoisotopic (exact) mass is 339 g/mol. The van der Waals surface area contributed by atoms with Crippen LogP contribution in [-0.4, -0.2) is 42.4 Å². The number of carbonyl (C=O) groups excluding carboxylic acids is 1. The summed E-state index contributed by atoms with van der Waals surface area (Å²) >= 11 is 0. The van der Waals surface area contributed by atoms with Gasteiger partial charge in [0.1, 0.15) is 11.8 Å². The average Bonchev–Trinajstić information content (AvgIpc) is 3.02. The summed E-state index contributed by atoms with van der Waals surface area (Å²) in [6, 6.07) is 7.76. The largest absolute Gasteiger partial charge is 0.480 e. The van der Waals surface area contributed by atoms with E-state index < -0.39 is 38.8 Å². The lowest BCUT2D eigenvalue weighted by Gasteiger charge is -2.16. The maximum atomic E-state index is 12.1. The number of nitrogens with one attached hydrogen (secondary N) is 1. The van der Waals surface area contributed by atoms with Gasteiger partial charge in [0.05, 0.1) is 5.25 Å². The molecule has 0 spiro atoms. The van der Waals surface area contributed by atoms with Gasteiger partial charge in [0, 0.05) is 6.42 Å². The van der Waals surface area contributed by atoms with Gasteiger partial charge in [-0.1, -0.05) is 43.2 Å². The van der Waals surface area contributed by atoms with E-state index in [0.717, 1.165) is 18.4 Å². The number of amides is 1. The van der Waals surface area contributed by atoms with Gasteiger partial charge in [-0.05, 0) is 18.4 Å². The van der Waals surface area contributed by atoms with Crippen LogP contribution in [0.4, 0.5) is 0 Å². The number of aliphatic carboxylic acids is 1. The smallest absolute Gasteiger partial charge is 0.326 e. The number of rotatable bonds is 7. The van der Waals surface area contributed by atoms with Gasteiger partial charge >= 0.3 is 5.97 Å². The highest BCUT2D eigenvalue weighted by atomic mass is 32.2. The van der Waals surface area contributed by atoms with Gasteiger partial charge in [-0.25, -0.2) is 13.2 Å². The van der Waals surface area contributed by atoms with Crippen molar-refractivity contribution in [1.82, 2.24) is 5.32 Å². The fraction of sp³-hybridized carbons (Fsp3) is 0.500. The normalized spacial score (nSPS) is 16.9. The molecule has 1 aromatic rings. The maximum Gasteiger partial charge on any atom is 0.326 e. The van der Waals surface area contributed by atoms with E-state index in [9.17, 15) is 23.1 Å². The second-order valence-electron chi connectivity index (χ2n) is 5.86. The third-order valence-electron chi connectivity index (χ3n) is 4.06. The molecule has 2 N–H and O–H groups in total. The molecule has 0 aliphatic heterocycles. The molecule has 1 saturated carbocycles. The summed E-state index contributed by atoms with van der Waals surface area (Å²) in [6.45, 7) is 0. The Morgan fingerprint density at radius 2 is 1.78 bits per heavy atom. The molecule has 0 unspecified atom stereocenters. The zero-order chi connectivity index (χ0) is 16.9. The van der Waals surface area contributed by atoms with Crippen LogP contribution in [0.15, 0.2) is 30.3 Å². The topological polar surface area (TPSA) is 101 Å². The molecule has 1 amide bonds. The van der Waals surface area contributed by atoms with Crippen molar-refractivity contribution in [3.05, 3.63) is 35.9 Å². The van der Waals surface area contributed by atoms with Gasteiger partial charge < -0.3 is 10.4 Å². The van der Waals surface area contributed by atoms with E-state index in [1.54, 1.807) is 24.3 Å². The Labute approximate surface area is 135 Å². The molecule has 1 aliphatic rings. The van der Waals surface area contributed by atoms with E-state index in [4.69, 9.17) is 0 Å². The first-order valence-corrected chi connectivity index (χ1v) is 9.37. The lowest BCUT2D eigenvalue weighted by molar-refractivity contribution is -0.141. The average molecular weight is 339 g/mol. The molecule has 6 nitrogen and oxygen atoms in total. The minimum Gasteiger partial charge on any atom is -0.480 e. The minimum atomic E-state index is -3.51. The third-order valence-corrected chi connectivity index (χ3v) is 6.21. The van der Waals surface area contributed by atoms with E-state index in [1.165, 1.54) is 0 Å². The lowest BCUT2D eigenvalue weighted by Crippen LogP contribution is -2.45. The molecule has 1 aliphatic carbocycles. The van der Waals surface area contributed by atoms with Crippen LogP contribution in [0.3, 0.4) is 0 Å². The maximum absolute atomic E-state index is 12.1. The zero-order valence-corrected chi connectivity index (χ0v) is 13.6. The first-order valence-electron chi connectivity index (χ1n) is 7.66. The van der Waals surface area contributed by atoms with Crippen LogP contribution in [0, 0.1) is 0 Å². The predicted molar refractivity (Wildman–Crippen MR) is 85.8 cm³/mol. The predicted octanol–water partition coefficient (Wildman–Crippen LogP) is 1.16. The second kappa shape index (κ2) is 7.59. The van der Waals surface area contributed by atoms with Crippen molar-refractivity contribution in [2.24, 2.45) is 0 Å². The summed E-state index contributed by atoms with van der Waals surface area (Å²) in [7, 11) is -3.51. The molecule has 0 heterocycles. The quantitative estimate of drug-likeness (QED) is 0.776. The SMILES string of the molecule is O=C(CS(=O)(=O)C1CCCC1)N[C@@H](Cc1ccccc1)C(=O)O. The van der Waals surface area contributed by atoms with Gasteiger partial charge in [-0.15, -0.1) is 0 Å². The van der Waals surface area contributed by atoms with E-state index in [1.807, 2.05) is 6.07 Å². The van der Waals surface area contributed by atoms with Crippen molar-refractivity contribution < 1.29 is 23.1 Å². The number of benzene rings is 1. The Balaban J connectivity index is 1.96. The van der Waals surface area contributed by atoms with Gasteiger partial charge in [0.25, 0.3) is 0 Å². The van der Waals surface area contributed by atoms with Crippen LogP contribution < -0.4 is 5.32 Å². The van der Waals surface area contributed by atoms with E-state index in [-0.39, 0.29) is 6.42 Å². The molecule has 23 heavy (non-hydrogen) atoms. The Kier molecular flexibility index (Phi) is 5.76. The fourth-order valence-electron chi connectivity index (χ4n) is 2.83. The van der Waals surface area contributed by atoms with Crippen molar-refractivity contribution in [2.75, 3.05) is 5.75 Å². The molecule has 1 atom stereocenters. The van der Waals surface area contributed by atoms with Crippen molar-refractivity contribution in [1.29, 1.82) is 0 Å². The van der Waals surface area contributed by atoms with Crippen LogP contribution in [0.1, 0.15) is 31.2 Å². The zero-order valence-electron chi connectivity index (χ0n) is 12.8. The number of carbonyl (C=O) groups is 2. The molecule has 0 bridgehead atoms. The molecular formula is C16H21NO5S. The van der Waals surface area contributed by atoms with Crippen LogP contribution in [-0.2, 0) is 25.8 Å². The van der Waals surface area contributed by atoms with Crippen LogP contribution in [0.5, 0.6) is 0 Å². The van der Waals surface area contributed by atoms with Crippen molar-refractivity contribution >= 4 is 21.7 Å². The minimum absolute atomic E-state index is 0.116. The van der Waals surface area contributed by atoms with Crippen LogP contribution in [0.25, 0.3) is 0 Å². The molecule has 0 saturated heterocycles. The molecule has 0 aromatic heterocycles. The third kappa shape index (κ3) is 5.06. The number of hydrogen-bond acceptors (Lipinski definition) is 4. The molecule has 7 heteroatoms. The Morgan fingerprint density at radius 3 is 2.35 bits per heavy atom. The van der Waals surface area contributed by atoms with E-state index >= 15 is 0 Å².